The van der Waals surface area contributed by atoms with Gasteiger partial charge < -0.3 is 16.2 Å². The summed E-state index contributed by atoms with van der Waals surface area (Å²) in [6.07, 6.45) is 1.92. The molecule has 0 spiro atoms. The SMILES string of the molecule is C=CC(N)OC(N)C=C.O=[PH+]O. The van der Waals surface area contributed by atoms with E-state index in [0.29, 0.717) is 0 Å². The van der Waals surface area contributed by atoms with Gasteiger partial charge in [0.05, 0.1) is 0 Å². The highest BCUT2D eigenvalue weighted by Crippen LogP contribution is 1.88. The average molecular weight is 193 g/mol. The summed E-state index contributed by atoms with van der Waals surface area (Å²) < 4.78 is 13.4. The van der Waals surface area contributed by atoms with Gasteiger partial charge in [-0.1, -0.05) is 13.2 Å². The third-order valence-corrected chi connectivity index (χ3v) is 0.779. The summed E-state index contributed by atoms with van der Waals surface area (Å²) in [5.41, 5.74) is 10.6. The maximum Gasteiger partial charge on any atom is 0.491 e. The van der Waals surface area contributed by atoms with E-state index in [1.807, 2.05) is 0 Å². The van der Waals surface area contributed by atoms with Gasteiger partial charge in [-0.3, -0.25) is 0 Å². The first-order valence-electron chi connectivity index (χ1n) is 3.05. The van der Waals surface area contributed by atoms with Gasteiger partial charge >= 0.3 is 8.69 Å². The van der Waals surface area contributed by atoms with Crippen molar-refractivity contribution in [3.63, 3.8) is 0 Å². The molecule has 0 rings (SSSR count). The monoisotopic (exact) mass is 193 g/mol. The molecule has 0 aromatic carbocycles. The van der Waals surface area contributed by atoms with Crippen LogP contribution in [0.15, 0.2) is 25.3 Å². The molecule has 0 aromatic rings. The molecule has 5 N–H and O–H groups in total. The Labute approximate surface area is 73.0 Å². The van der Waals surface area contributed by atoms with Gasteiger partial charge in [-0.2, -0.15) is 4.89 Å². The lowest BCUT2D eigenvalue weighted by atomic mass is 10.5. The summed E-state index contributed by atoms with van der Waals surface area (Å²) >= 11 is 0. The summed E-state index contributed by atoms with van der Waals surface area (Å²) in [6.45, 7) is 6.82. The Bertz CT molecular complexity index is 131. The Morgan fingerprint density at radius 3 is 1.75 bits per heavy atom. The lowest BCUT2D eigenvalue weighted by Crippen LogP contribution is -2.31. The highest BCUT2D eigenvalue weighted by molar-refractivity contribution is 7.16. The third kappa shape index (κ3) is 12.1. The fraction of sp³-hybridized carbons (Fsp3) is 0.333. The molecule has 0 amide bonds. The van der Waals surface area contributed by atoms with E-state index in [1.165, 1.54) is 12.2 Å². The second-order valence-electron chi connectivity index (χ2n) is 1.63. The molecule has 3 unspecified atom stereocenters. The van der Waals surface area contributed by atoms with Crippen LogP contribution in [0.25, 0.3) is 0 Å². The van der Waals surface area contributed by atoms with Crippen molar-refractivity contribution in [2.45, 2.75) is 12.5 Å². The van der Waals surface area contributed by atoms with Crippen molar-refractivity contribution in [3.8, 4) is 0 Å². The highest BCUT2D eigenvalue weighted by atomic mass is 31.1. The van der Waals surface area contributed by atoms with Crippen LogP contribution in [0.2, 0.25) is 0 Å². The minimum absolute atomic E-state index is 0.502. The summed E-state index contributed by atoms with van der Waals surface area (Å²) in [7, 11) is -1.17. The van der Waals surface area contributed by atoms with Crippen molar-refractivity contribution >= 4 is 8.69 Å². The zero-order valence-corrected chi connectivity index (χ0v) is 7.64. The first kappa shape index (κ1) is 14.0. The molecule has 0 aromatic heterocycles. The molecule has 0 aliphatic carbocycles. The minimum atomic E-state index is -1.17. The second-order valence-corrected chi connectivity index (χ2v) is 1.81. The highest BCUT2D eigenvalue weighted by Gasteiger charge is 1.99. The van der Waals surface area contributed by atoms with Crippen molar-refractivity contribution in [2.24, 2.45) is 11.5 Å². The van der Waals surface area contributed by atoms with Gasteiger partial charge in [-0.25, -0.2) is 0 Å². The molecule has 0 saturated carbocycles. The predicted molar refractivity (Wildman–Crippen MR) is 48.7 cm³/mol. The van der Waals surface area contributed by atoms with Gasteiger partial charge in [0.2, 0.25) is 0 Å². The molecule has 6 heteroatoms. The molecule has 0 radical (unpaired) electrons. The van der Waals surface area contributed by atoms with Crippen LogP contribution in [-0.2, 0) is 9.30 Å². The molecular formula is C6H14N2O3P+. The van der Waals surface area contributed by atoms with E-state index in [9.17, 15) is 0 Å². The molecule has 5 nitrogen and oxygen atoms in total. The van der Waals surface area contributed by atoms with Gasteiger partial charge in [-0.15, -0.1) is 0 Å². The maximum atomic E-state index is 8.51. The van der Waals surface area contributed by atoms with E-state index in [-0.39, 0.29) is 0 Å². The Morgan fingerprint density at radius 2 is 1.58 bits per heavy atom. The topological polar surface area (TPSA) is 98.6 Å². The molecule has 0 heterocycles. The summed E-state index contributed by atoms with van der Waals surface area (Å²) in [5, 5.41) is 0. The van der Waals surface area contributed by atoms with Crippen LogP contribution >= 0.6 is 8.69 Å². The van der Waals surface area contributed by atoms with Gasteiger partial charge in [0.1, 0.15) is 12.5 Å². The predicted octanol–water partition coefficient (Wildman–Crippen LogP) is -0.138. The van der Waals surface area contributed by atoms with Crippen LogP contribution in [0.3, 0.4) is 0 Å². The molecule has 0 fully saturated rings. The van der Waals surface area contributed by atoms with Crippen molar-refractivity contribution in [3.05, 3.63) is 25.3 Å². The third-order valence-electron chi connectivity index (χ3n) is 0.779. The number of hydrogen-bond acceptors (Lipinski definition) is 4. The van der Waals surface area contributed by atoms with E-state index in [1.54, 1.807) is 0 Å². The zero-order valence-electron chi connectivity index (χ0n) is 6.64. The summed E-state index contributed by atoms with van der Waals surface area (Å²) in [5.74, 6) is 0. The van der Waals surface area contributed by atoms with Crippen LogP contribution in [0, 0.1) is 0 Å². The first-order chi connectivity index (χ1) is 5.62. The Hall–Kier alpha value is -0.580. The lowest BCUT2D eigenvalue weighted by Gasteiger charge is -2.11. The van der Waals surface area contributed by atoms with Crippen LogP contribution < -0.4 is 11.5 Å². The van der Waals surface area contributed by atoms with Crippen molar-refractivity contribution < 1.29 is 14.2 Å². The number of rotatable bonds is 4. The standard InChI is InChI=1S/C6H12N2O.HO2P/c1-3-5(7)9-6(8)4-2;1-3-2/h3-6H,1-2,7-8H2;3H/p+1. The largest absolute Gasteiger partial charge is 0.491 e. The molecule has 0 saturated heterocycles. The Balaban J connectivity index is 0. The maximum absolute atomic E-state index is 8.51. The van der Waals surface area contributed by atoms with Crippen molar-refractivity contribution in [1.82, 2.24) is 0 Å². The van der Waals surface area contributed by atoms with E-state index in [2.05, 4.69) is 13.2 Å². The van der Waals surface area contributed by atoms with Gasteiger partial charge in [0.15, 0.2) is 0 Å². The number of ether oxygens (including phenoxy) is 1. The summed E-state index contributed by atoms with van der Waals surface area (Å²) in [4.78, 5) is 7.04. The average Bonchev–Trinajstić information content (AvgIpc) is 2.05. The number of hydrogen-bond donors (Lipinski definition) is 3. The molecule has 0 bridgehead atoms. The van der Waals surface area contributed by atoms with E-state index in [4.69, 9.17) is 25.7 Å². The van der Waals surface area contributed by atoms with Gasteiger partial charge in [0.25, 0.3) is 0 Å². The van der Waals surface area contributed by atoms with Crippen molar-refractivity contribution in [1.29, 1.82) is 0 Å². The van der Waals surface area contributed by atoms with E-state index < -0.39 is 21.1 Å². The molecular weight excluding hydrogens is 179 g/mol. The lowest BCUT2D eigenvalue weighted by molar-refractivity contribution is 0.0495. The van der Waals surface area contributed by atoms with Crippen LogP contribution in [0.5, 0.6) is 0 Å². The minimum Gasteiger partial charge on any atom is -0.338 e. The fourth-order valence-corrected chi connectivity index (χ4v) is 0.293. The molecule has 12 heavy (non-hydrogen) atoms. The fourth-order valence-electron chi connectivity index (χ4n) is 0.293. The molecule has 0 aliphatic rings. The molecule has 0 aliphatic heterocycles. The van der Waals surface area contributed by atoms with E-state index >= 15 is 0 Å². The van der Waals surface area contributed by atoms with Gasteiger partial charge in [0, 0.05) is 0 Å². The van der Waals surface area contributed by atoms with Crippen LogP contribution in [0.4, 0.5) is 0 Å². The normalized spacial score (nSPS) is 13.9. The Morgan fingerprint density at radius 1 is 1.33 bits per heavy atom. The quantitative estimate of drug-likeness (QED) is 0.328. The smallest absolute Gasteiger partial charge is 0.338 e. The van der Waals surface area contributed by atoms with E-state index in [0.717, 1.165) is 0 Å². The molecule has 3 atom stereocenters. The zero-order chi connectivity index (χ0) is 9.98. The van der Waals surface area contributed by atoms with Gasteiger partial charge in [-0.05, 0) is 16.7 Å². The first-order valence-corrected chi connectivity index (χ1v) is 3.90. The molecule has 70 valence electrons. The second kappa shape index (κ2) is 10.4. The van der Waals surface area contributed by atoms with Crippen LogP contribution in [-0.4, -0.2) is 17.3 Å². The van der Waals surface area contributed by atoms with Crippen LogP contribution in [0.1, 0.15) is 0 Å². The summed E-state index contributed by atoms with van der Waals surface area (Å²) in [6, 6.07) is 0. The van der Waals surface area contributed by atoms with Crippen molar-refractivity contribution in [2.75, 3.05) is 0 Å². The number of nitrogens with two attached hydrogens (primary N) is 2. The Kier molecular flexibility index (Phi) is 12.1.